The highest BCUT2D eigenvalue weighted by Crippen LogP contribution is 2.35. The number of rotatable bonds is 4. The van der Waals surface area contributed by atoms with Gasteiger partial charge in [0.2, 0.25) is 0 Å². The number of halogens is 2. The van der Waals surface area contributed by atoms with E-state index in [9.17, 15) is 13.2 Å². The molecular weight excluding hydrogens is 402 g/mol. The number of nitrogens with one attached hydrogen (secondary N) is 1. The Balaban J connectivity index is 2.33. The zero-order chi connectivity index (χ0) is 15.8. The van der Waals surface area contributed by atoms with Crippen LogP contribution < -0.4 is 4.72 Å². The maximum Gasteiger partial charge on any atom is 0.335 e. The molecule has 0 aliphatic heterocycles. The monoisotopic (exact) mass is 409 g/mol. The summed E-state index contributed by atoms with van der Waals surface area (Å²) in [5.74, 6) is -1.06. The van der Waals surface area contributed by atoms with Crippen molar-refractivity contribution < 1.29 is 18.3 Å². The normalized spacial score (nSPS) is 11.4. The van der Waals surface area contributed by atoms with Crippen molar-refractivity contribution in [2.75, 3.05) is 4.72 Å². The first kappa shape index (κ1) is 16.3. The Hall–Kier alpha value is -1.09. The van der Waals surface area contributed by atoms with Crippen LogP contribution in [-0.4, -0.2) is 19.5 Å². The van der Waals surface area contributed by atoms with Crippen molar-refractivity contribution >= 4 is 60.5 Å². The van der Waals surface area contributed by atoms with Crippen LogP contribution in [0.2, 0.25) is 5.02 Å². The lowest BCUT2D eigenvalue weighted by atomic mass is 10.1. The number of anilines is 1. The van der Waals surface area contributed by atoms with Gasteiger partial charge in [-0.15, -0.1) is 11.3 Å². The minimum absolute atomic E-state index is 0.0688. The summed E-state index contributed by atoms with van der Waals surface area (Å²) in [4.78, 5) is 10.9. The largest absolute Gasteiger partial charge is 0.478 e. The molecule has 1 aromatic heterocycles. The SMILES string of the molecule is Cc1cc(NS(=O)(=O)c2cc(Cl)c(Br)s2)ccc1C(=O)O. The van der Waals surface area contributed by atoms with E-state index < -0.39 is 16.0 Å². The number of aryl methyl sites for hydroxylation is 1. The van der Waals surface area contributed by atoms with Gasteiger partial charge in [0.1, 0.15) is 4.21 Å². The van der Waals surface area contributed by atoms with Crippen LogP contribution in [0.4, 0.5) is 5.69 Å². The number of carboxylic acids is 1. The van der Waals surface area contributed by atoms with Crippen molar-refractivity contribution in [2.45, 2.75) is 11.1 Å². The van der Waals surface area contributed by atoms with E-state index in [2.05, 4.69) is 20.7 Å². The summed E-state index contributed by atoms with van der Waals surface area (Å²) < 4.78 is 27.4. The molecule has 0 spiro atoms. The molecule has 0 amide bonds. The third-order valence-corrected chi connectivity index (χ3v) is 6.93. The van der Waals surface area contributed by atoms with E-state index in [1.165, 1.54) is 24.3 Å². The van der Waals surface area contributed by atoms with Crippen molar-refractivity contribution in [3.05, 3.63) is 44.2 Å². The van der Waals surface area contributed by atoms with Gasteiger partial charge in [-0.05, 0) is 52.7 Å². The molecular formula is C12H9BrClNO4S2. The summed E-state index contributed by atoms with van der Waals surface area (Å²) in [5.41, 5.74) is 0.881. The first-order valence-corrected chi connectivity index (χ1v) is 8.99. The maximum absolute atomic E-state index is 12.2. The number of hydrogen-bond acceptors (Lipinski definition) is 4. The summed E-state index contributed by atoms with van der Waals surface area (Å²) in [6.07, 6.45) is 0. The van der Waals surface area contributed by atoms with E-state index >= 15 is 0 Å². The van der Waals surface area contributed by atoms with E-state index in [1.54, 1.807) is 6.92 Å². The summed E-state index contributed by atoms with van der Waals surface area (Å²) in [7, 11) is -3.76. The van der Waals surface area contributed by atoms with Crippen LogP contribution in [0.15, 0.2) is 32.3 Å². The van der Waals surface area contributed by atoms with Crippen molar-refractivity contribution in [2.24, 2.45) is 0 Å². The molecule has 0 fully saturated rings. The van der Waals surface area contributed by atoms with Crippen LogP contribution >= 0.6 is 38.9 Å². The van der Waals surface area contributed by atoms with Gasteiger partial charge in [0, 0.05) is 5.69 Å². The molecule has 0 radical (unpaired) electrons. The molecule has 5 nitrogen and oxygen atoms in total. The van der Waals surface area contributed by atoms with E-state index in [-0.39, 0.29) is 15.5 Å². The highest BCUT2D eigenvalue weighted by molar-refractivity contribution is 9.11. The lowest BCUT2D eigenvalue weighted by Crippen LogP contribution is -2.12. The highest BCUT2D eigenvalue weighted by atomic mass is 79.9. The molecule has 0 aliphatic carbocycles. The second-order valence-electron chi connectivity index (χ2n) is 4.13. The van der Waals surface area contributed by atoms with Gasteiger partial charge in [0.15, 0.2) is 0 Å². The fourth-order valence-electron chi connectivity index (χ4n) is 1.63. The lowest BCUT2D eigenvalue weighted by molar-refractivity contribution is 0.0696. The number of carbonyl (C=O) groups is 1. The number of aromatic carboxylic acids is 1. The van der Waals surface area contributed by atoms with Crippen molar-refractivity contribution in [3.63, 3.8) is 0 Å². The molecule has 9 heteroatoms. The Morgan fingerprint density at radius 2 is 2.05 bits per heavy atom. The molecule has 0 saturated heterocycles. The van der Waals surface area contributed by atoms with E-state index in [0.29, 0.717) is 14.4 Å². The van der Waals surface area contributed by atoms with Gasteiger partial charge in [-0.25, -0.2) is 13.2 Å². The highest BCUT2D eigenvalue weighted by Gasteiger charge is 2.19. The molecule has 0 saturated carbocycles. The second-order valence-corrected chi connectivity index (χ2v) is 8.81. The molecule has 0 atom stereocenters. The number of sulfonamides is 1. The molecule has 2 rings (SSSR count). The predicted octanol–water partition coefficient (Wildman–Crippen LogP) is 3.97. The quantitative estimate of drug-likeness (QED) is 0.799. The standard InChI is InChI=1S/C12H9BrClNO4S2/c1-6-4-7(2-3-8(6)12(16)17)15-21(18,19)10-5-9(14)11(13)20-10/h2-5,15H,1H3,(H,16,17). The average Bonchev–Trinajstić information content (AvgIpc) is 2.69. The minimum Gasteiger partial charge on any atom is -0.478 e. The molecule has 0 aliphatic rings. The fraction of sp³-hybridized carbons (Fsp3) is 0.0833. The Morgan fingerprint density at radius 1 is 1.38 bits per heavy atom. The molecule has 0 bridgehead atoms. The smallest absolute Gasteiger partial charge is 0.335 e. The van der Waals surface area contributed by atoms with Gasteiger partial charge in [-0.2, -0.15) is 0 Å². The van der Waals surface area contributed by atoms with Gasteiger partial charge < -0.3 is 5.11 Å². The Bertz CT molecular complexity index is 797. The Kier molecular flexibility index (Phi) is 4.62. The van der Waals surface area contributed by atoms with E-state index in [1.807, 2.05) is 0 Å². The number of benzene rings is 1. The Labute approximate surface area is 138 Å². The van der Waals surface area contributed by atoms with Crippen LogP contribution in [0.1, 0.15) is 15.9 Å². The fourth-order valence-corrected chi connectivity index (χ4v) is 5.08. The molecule has 2 N–H and O–H groups in total. The lowest BCUT2D eigenvalue weighted by Gasteiger charge is -2.08. The molecule has 1 heterocycles. The number of carboxylic acid groups (broad SMARTS) is 1. The number of thiophene rings is 1. The van der Waals surface area contributed by atoms with Crippen molar-refractivity contribution in [1.29, 1.82) is 0 Å². The van der Waals surface area contributed by atoms with Crippen LogP contribution in [0.3, 0.4) is 0 Å². The average molecular weight is 411 g/mol. The predicted molar refractivity (Wildman–Crippen MR) is 86.0 cm³/mol. The van der Waals surface area contributed by atoms with Crippen molar-refractivity contribution in [1.82, 2.24) is 0 Å². The van der Waals surface area contributed by atoms with Gasteiger partial charge in [-0.3, -0.25) is 4.72 Å². The summed E-state index contributed by atoms with van der Waals surface area (Å²) in [6.45, 7) is 1.60. The third-order valence-electron chi connectivity index (χ3n) is 2.60. The van der Waals surface area contributed by atoms with Crippen LogP contribution in [0, 0.1) is 6.92 Å². The summed E-state index contributed by atoms with van der Waals surface area (Å²) in [6, 6.07) is 5.56. The van der Waals surface area contributed by atoms with Crippen molar-refractivity contribution in [3.8, 4) is 0 Å². The van der Waals surface area contributed by atoms with E-state index in [4.69, 9.17) is 16.7 Å². The first-order chi connectivity index (χ1) is 9.70. The van der Waals surface area contributed by atoms with Crippen LogP contribution in [-0.2, 0) is 10.0 Å². The molecule has 112 valence electrons. The van der Waals surface area contributed by atoms with Gasteiger partial charge in [-0.1, -0.05) is 11.6 Å². The molecule has 1 aromatic carbocycles. The molecule has 2 aromatic rings. The van der Waals surface area contributed by atoms with Gasteiger partial charge >= 0.3 is 5.97 Å². The zero-order valence-corrected chi connectivity index (χ0v) is 14.5. The summed E-state index contributed by atoms with van der Waals surface area (Å²) >= 11 is 9.98. The number of hydrogen-bond donors (Lipinski definition) is 2. The minimum atomic E-state index is -3.76. The van der Waals surface area contributed by atoms with Crippen LogP contribution in [0.25, 0.3) is 0 Å². The van der Waals surface area contributed by atoms with E-state index in [0.717, 1.165) is 11.3 Å². The Morgan fingerprint density at radius 3 is 2.52 bits per heavy atom. The summed E-state index contributed by atoms with van der Waals surface area (Å²) in [5, 5.41) is 9.26. The topological polar surface area (TPSA) is 83.5 Å². The molecule has 21 heavy (non-hydrogen) atoms. The maximum atomic E-state index is 12.2. The van der Waals surface area contributed by atoms with Gasteiger partial charge in [0.25, 0.3) is 10.0 Å². The second kappa shape index (κ2) is 5.96. The first-order valence-electron chi connectivity index (χ1n) is 5.52. The van der Waals surface area contributed by atoms with Crippen LogP contribution in [0.5, 0.6) is 0 Å². The zero-order valence-electron chi connectivity index (χ0n) is 10.6. The van der Waals surface area contributed by atoms with Gasteiger partial charge in [0.05, 0.1) is 14.4 Å². The molecule has 0 unspecified atom stereocenters. The third kappa shape index (κ3) is 3.57.